The number of nitrogens with one attached hydrogen (secondary N) is 2. The van der Waals surface area contributed by atoms with Gasteiger partial charge in [-0.05, 0) is 59.7 Å². The summed E-state index contributed by atoms with van der Waals surface area (Å²) in [6.07, 6.45) is -4.44. The third-order valence-corrected chi connectivity index (χ3v) is 5.93. The van der Waals surface area contributed by atoms with Crippen LogP contribution in [0.1, 0.15) is 5.56 Å². The fourth-order valence-corrected chi connectivity index (χ4v) is 4.06. The van der Waals surface area contributed by atoms with Crippen LogP contribution in [0.2, 0.25) is 0 Å². The number of benzene rings is 3. The monoisotopic (exact) mass is 482 g/mol. The lowest BCUT2D eigenvalue weighted by Gasteiger charge is -2.29. The molecule has 0 atom stereocenters. The minimum absolute atomic E-state index is 0.0346. The first kappa shape index (κ1) is 22.7. The van der Waals surface area contributed by atoms with Crippen LogP contribution in [0.15, 0.2) is 66.7 Å². The van der Waals surface area contributed by atoms with E-state index in [4.69, 9.17) is 0 Å². The van der Waals surface area contributed by atoms with Gasteiger partial charge in [0.1, 0.15) is 0 Å². The smallest absolute Gasteiger partial charge is 0.465 e. The van der Waals surface area contributed by atoms with Gasteiger partial charge in [0.15, 0.2) is 5.52 Å². The van der Waals surface area contributed by atoms with Crippen molar-refractivity contribution in [2.45, 2.75) is 6.18 Å². The molecule has 1 aliphatic rings. The van der Waals surface area contributed by atoms with Gasteiger partial charge in [-0.2, -0.15) is 13.2 Å². The third kappa shape index (κ3) is 4.62. The molecular weight excluding hydrogens is 461 g/mol. The summed E-state index contributed by atoms with van der Waals surface area (Å²) in [4.78, 5) is 2.59. The summed E-state index contributed by atoms with van der Waals surface area (Å²) in [5.74, 6) is -0.216. The molecule has 8 nitrogen and oxygen atoms in total. The molecule has 1 fully saturated rings. The fourth-order valence-electron chi connectivity index (χ4n) is 4.06. The van der Waals surface area contributed by atoms with Crippen LogP contribution in [0.4, 0.5) is 30.5 Å². The summed E-state index contributed by atoms with van der Waals surface area (Å²) in [7, 11) is 0. The molecule has 0 unspecified atom stereocenters. The molecule has 35 heavy (non-hydrogen) atoms. The van der Waals surface area contributed by atoms with Crippen molar-refractivity contribution >= 4 is 28.4 Å². The number of anilines is 3. The number of rotatable bonds is 4. The topological polar surface area (TPSA) is 94.1 Å². The number of piperazine rings is 1. The second kappa shape index (κ2) is 8.91. The van der Waals surface area contributed by atoms with E-state index in [1.165, 1.54) is 24.3 Å². The van der Waals surface area contributed by atoms with Crippen LogP contribution in [-0.4, -0.2) is 31.3 Å². The third-order valence-electron chi connectivity index (χ3n) is 5.93. The Morgan fingerprint density at radius 1 is 0.857 bits per heavy atom. The largest absolute Gasteiger partial charge is 0.739 e. The summed E-state index contributed by atoms with van der Waals surface area (Å²) in [6, 6.07) is 16.5. The van der Waals surface area contributed by atoms with Gasteiger partial charge in [0, 0.05) is 42.8 Å². The fraction of sp³-hybridized carbons (Fsp3) is 0.208. The Morgan fingerprint density at radius 3 is 2.17 bits per heavy atom. The molecule has 0 aliphatic carbocycles. The van der Waals surface area contributed by atoms with Crippen molar-refractivity contribution in [2.24, 2.45) is 0 Å². The normalized spacial score (nSPS) is 14.3. The molecule has 4 aromatic rings. The molecule has 0 radical (unpaired) electrons. The first-order valence-electron chi connectivity index (χ1n) is 11.0. The zero-order chi connectivity index (χ0) is 24.6. The second-order valence-electron chi connectivity index (χ2n) is 8.18. The molecule has 0 spiro atoms. The first-order chi connectivity index (χ1) is 16.8. The zero-order valence-corrected chi connectivity index (χ0v) is 18.4. The number of fused-ring (bicyclic) bond motifs is 1. The molecule has 11 heteroatoms. The van der Waals surface area contributed by atoms with E-state index < -0.39 is 11.7 Å². The van der Waals surface area contributed by atoms with Gasteiger partial charge in [-0.3, -0.25) is 0 Å². The van der Waals surface area contributed by atoms with Crippen LogP contribution in [-0.2, 0) is 6.18 Å². The SMILES string of the molecule is [O-][n+]1nc(Nc2ccc(N3CCNCC3)cc2)[n+]([O-])c2cc(-c3ccc(C(F)(F)F)cc3)ccc21. The highest BCUT2D eigenvalue weighted by atomic mass is 19.4. The van der Waals surface area contributed by atoms with E-state index in [-0.39, 0.29) is 17.0 Å². The average Bonchev–Trinajstić information content (AvgIpc) is 2.87. The van der Waals surface area contributed by atoms with Crippen molar-refractivity contribution in [2.75, 3.05) is 36.4 Å². The number of aromatic nitrogens is 3. The van der Waals surface area contributed by atoms with Crippen LogP contribution < -0.4 is 25.1 Å². The van der Waals surface area contributed by atoms with Crippen molar-refractivity contribution < 1.29 is 22.7 Å². The highest BCUT2D eigenvalue weighted by molar-refractivity contribution is 5.77. The van der Waals surface area contributed by atoms with Crippen LogP contribution in [0, 0.1) is 10.4 Å². The van der Waals surface area contributed by atoms with Crippen LogP contribution in [0.3, 0.4) is 0 Å². The molecule has 3 aromatic carbocycles. The van der Waals surface area contributed by atoms with Gasteiger partial charge in [-0.25, -0.2) is 10.0 Å². The van der Waals surface area contributed by atoms with Crippen molar-refractivity contribution in [3.05, 3.63) is 82.7 Å². The van der Waals surface area contributed by atoms with Gasteiger partial charge in [0.2, 0.25) is 5.10 Å². The zero-order valence-electron chi connectivity index (χ0n) is 18.4. The minimum atomic E-state index is -4.44. The Hall–Kier alpha value is -4.12. The van der Waals surface area contributed by atoms with Crippen molar-refractivity contribution in [1.29, 1.82) is 0 Å². The van der Waals surface area contributed by atoms with E-state index in [0.29, 0.717) is 26.4 Å². The Labute approximate surface area is 198 Å². The summed E-state index contributed by atoms with van der Waals surface area (Å²) >= 11 is 0. The molecule has 0 bridgehead atoms. The van der Waals surface area contributed by atoms with Gasteiger partial charge < -0.3 is 20.6 Å². The van der Waals surface area contributed by atoms with Crippen LogP contribution in [0.25, 0.3) is 22.2 Å². The standard InChI is InChI=1S/C24H21F3N6O2/c25-24(26,27)18-4-1-16(2-5-18)17-3-10-21-22(15-17)32(34)23(30-33(21)35)29-19-6-8-20(9-7-19)31-13-11-28-12-14-31/h1-10,15,28H,11-14H2,(H,29,30). The number of nitrogens with zero attached hydrogens (tertiary/aromatic N) is 4. The number of hydrogen-bond donors (Lipinski definition) is 2. The van der Waals surface area contributed by atoms with E-state index in [1.807, 2.05) is 12.1 Å². The lowest BCUT2D eigenvalue weighted by molar-refractivity contribution is -0.672. The number of alkyl halides is 3. The molecule has 1 aliphatic heterocycles. The van der Waals surface area contributed by atoms with Gasteiger partial charge >= 0.3 is 12.1 Å². The van der Waals surface area contributed by atoms with Gasteiger partial charge in [-0.1, -0.05) is 12.1 Å². The molecule has 0 amide bonds. The number of hydrogen-bond acceptors (Lipinski definition) is 6. The maximum absolute atomic E-state index is 13.0. The quantitative estimate of drug-likeness (QED) is 0.342. The minimum Gasteiger partial charge on any atom is -0.739 e. The predicted octanol–water partition coefficient (Wildman–Crippen LogP) is 3.34. The average molecular weight is 482 g/mol. The van der Waals surface area contributed by atoms with Gasteiger partial charge in [-0.15, -0.1) is 0 Å². The highest BCUT2D eigenvalue weighted by Crippen LogP contribution is 2.31. The van der Waals surface area contributed by atoms with E-state index >= 15 is 0 Å². The van der Waals surface area contributed by atoms with Crippen molar-refractivity contribution in [3.8, 4) is 11.1 Å². The molecule has 0 saturated carbocycles. The Kier molecular flexibility index (Phi) is 5.77. The molecule has 5 rings (SSSR count). The van der Waals surface area contributed by atoms with Crippen molar-refractivity contribution in [3.63, 3.8) is 0 Å². The van der Waals surface area contributed by atoms with E-state index in [1.54, 1.807) is 18.2 Å². The molecule has 180 valence electrons. The summed E-state index contributed by atoms with van der Waals surface area (Å²) in [5.41, 5.74) is 1.91. The molecule has 1 aromatic heterocycles. The van der Waals surface area contributed by atoms with E-state index in [0.717, 1.165) is 44.0 Å². The summed E-state index contributed by atoms with van der Waals surface area (Å²) in [5, 5.41) is 35.5. The molecule has 2 N–H and O–H groups in total. The first-order valence-corrected chi connectivity index (χ1v) is 11.0. The van der Waals surface area contributed by atoms with Crippen LogP contribution in [0.5, 0.6) is 0 Å². The Bertz CT molecular complexity index is 1360. The Balaban J connectivity index is 1.44. The van der Waals surface area contributed by atoms with Gasteiger partial charge in [0.25, 0.3) is 5.52 Å². The summed E-state index contributed by atoms with van der Waals surface area (Å²) < 4.78 is 39.1. The number of halogens is 3. The molecular formula is C24H21F3N6O2. The molecule has 1 saturated heterocycles. The lowest BCUT2D eigenvalue weighted by Crippen LogP contribution is -2.43. The maximum Gasteiger partial charge on any atom is 0.465 e. The second-order valence-corrected chi connectivity index (χ2v) is 8.18. The van der Waals surface area contributed by atoms with E-state index in [2.05, 4.69) is 20.6 Å². The lowest BCUT2D eigenvalue weighted by atomic mass is 10.0. The van der Waals surface area contributed by atoms with Crippen LogP contribution >= 0.6 is 0 Å². The van der Waals surface area contributed by atoms with E-state index in [9.17, 15) is 23.6 Å². The van der Waals surface area contributed by atoms with Crippen molar-refractivity contribution in [1.82, 2.24) is 10.4 Å². The summed E-state index contributed by atoms with van der Waals surface area (Å²) in [6.45, 7) is 3.62. The highest BCUT2D eigenvalue weighted by Gasteiger charge is 2.30. The maximum atomic E-state index is 13.0. The Morgan fingerprint density at radius 2 is 1.51 bits per heavy atom. The molecule has 2 heterocycles. The predicted molar refractivity (Wildman–Crippen MR) is 125 cm³/mol. The van der Waals surface area contributed by atoms with Gasteiger partial charge in [0.05, 0.1) is 11.3 Å².